The fraction of sp³-hybridized carbons (Fsp3) is 0.294. The van der Waals surface area contributed by atoms with Crippen molar-refractivity contribution in [2.24, 2.45) is 0 Å². The molecule has 20 heavy (non-hydrogen) atoms. The number of ether oxygens (including phenoxy) is 2. The van der Waals surface area contributed by atoms with Crippen molar-refractivity contribution in [2.45, 2.75) is 19.6 Å². The van der Waals surface area contributed by atoms with Gasteiger partial charge >= 0.3 is 0 Å². The van der Waals surface area contributed by atoms with Gasteiger partial charge in [-0.15, -0.1) is 0 Å². The van der Waals surface area contributed by atoms with Crippen molar-refractivity contribution in [3.63, 3.8) is 0 Å². The van der Waals surface area contributed by atoms with Crippen LogP contribution in [0.4, 0.5) is 11.4 Å². The van der Waals surface area contributed by atoms with Crippen LogP contribution in [-0.2, 0) is 15.3 Å². The van der Waals surface area contributed by atoms with Crippen LogP contribution >= 0.6 is 0 Å². The van der Waals surface area contributed by atoms with Crippen LogP contribution in [0.15, 0.2) is 48.5 Å². The molecule has 0 spiro atoms. The molecule has 0 aliphatic carbocycles. The summed E-state index contributed by atoms with van der Waals surface area (Å²) in [5.41, 5.74) is 4.40. The number of hydrogen-bond acceptors (Lipinski definition) is 3. The first-order valence-corrected chi connectivity index (χ1v) is 6.88. The zero-order chi connectivity index (χ0) is 14.0. The number of aryl methyl sites for hydroxylation is 1. The molecule has 2 aromatic carbocycles. The summed E-state index contributed by atoms with van der Waals surface area (Å²) in [5, 5.41) is 3.40. The molecule has 1 N–H and O–H groups in total. The van der Waals surface area contributed by atoms with Crippen LogP contribution in [0.1, 0.15) is 18.1 Å². The highest BCUT2D eigenvalue weighted by atomic mass is 16.7. The number of anilines is 2. The molecule has 3 nitrogen and oxygen atoms in total. The van der Waals surface area contributed by atoms with Crippen LogP contribution in [-0.4, -0.2) is 13.2 Å². The second kappa shape index (κ2) is 5.27. The maximum Gasteiger partial charge on any atom is 0.192 e. The molecule has 0 radical (unpaired) electrons. The normalized spacial score (nSPS) is 17.1. The molecule has 1 fully saturated rings. The summed E-state index contributed by atoms with van der Waals surface area (Å²) < 4.78 is 11.4. The Bertz CT molecular complexity index is 586. The van der Waals surface area contributed by atoms with Gasteiger partial charge < -0.3 is 14.8 Å². The SMILES string of the molecule is Cc1ccc(Nc2cccc(C3(C)OCCO3)c2)cc1. The van der Waals surface area contributed by atoms with Gasteiger partial charge in [0.2, 0.25) is 0 Å². The van der Waals surface area contributed by atoms with Gasteiger partial charge in [-0.1, -0.05) is 29.8 Å². The van der Waals surface area contributed by atoms with E-state index in [0.717, 1.165) is 16.9 Å². The van der Waals surface area contributed by atoms with Gasteiger partial charge in [0.25, 0.3) is 0 Å². The predicted octanol–water partition coefficient (Wildman–Crippen LogP) is 3.96. The monoisotopic (exact) mass is 269 g/mol. The average Bonchev–Trinajstić information content (AvgIpc) is 2.90. The quantitative estimate of drug-likeness (QED) is 0.915. The van der Waals surface area contributed by atoms with Gasteiger partial charge in [0, 0.05) is 16.9 Å². The smallest absolute Gasteiger partial charge is 0.192 e. The van der Waals surface area contributed by atoms with Gasteiger partial charge in [0.1, 0.15) is 0 Å². The molecule has 0 unspecified atom stereocenters. The van der Waals surface area contributed by atoms with Crippen molar-refractivity contribution in [3.05, 3.63) is 59.7 Å². The fourth-order valence-corrected chi connectivity index (χ4v) is 2.36. The highest BCUT2D eigenvalue weighted by Gasteiger charge is 2.33. The first kappa shape index (κ1) is 13.2. The lowest BCUT2D eigenvalue weighted by molar-refractivity contribution is -0.149. The molecular formula is C17H19NO2. The highest BCUT2D eigenvalue weighted by molar-refractivity contribution is 5.60. The van der Waals surface area contributed by atoms with E-state index in [1.165, 1.54) is 5.56 Å². The Morgan fingerprint density at radius 1 is 0.950 bits per heavy atom. The molecule has 3 rings (SSSR count). The summed E-state index contributed by atoms with van der Waals surface area (Å²) in [6.07, 6.45) is 0. The maximum absolute atomic E-state index is 5.70. The lowest BCUT2D eigenvalue weighted by Crippen LogP contribution is -2.22. The van der Waals surface area contributed by atoms with Gasteiger partial charge in [0.15, 0.2) is 5.79 Å². The van der Waals surface area contributed by atoms with Crippen LogP contribution in [0.3, 0.4) is 0 Å². The molecule has 1 aliphatic heterocycles. The van der Waals surface area contributed by atoms with Crippen LogP contribution in [0.25, 0.3) is 0 Å². The van der Waals surface area contributed by atoms with Crippen molar-refractivity contribution in [2.75, 3.05) is 18.5 Å². The average molecular weight is 269 g/mol. The van der Waals surface area contributed by atoms with Gasteiger partial charge in [-0.25, -0.2) is 0 Å². The third-order valence-electron chi connectivity index (χ3n) is 3.57. The molecule has 0 aromatic heterocycles. The first-order chi connectivity index (χ1) is 9.66. The number of hydrogen-bond donors (Lipinski definition) is 1. The molecule has 0 amide bonds. The van der Waals surface area contributed by atoms with Crippen molar-refractivity contribution >= 4 is 11.4 Å². The highest BCUT2D eigenvalue weighted by Crippen LogP contribution is 2.32. The Hall–Kier alpha value is -1.84. The van der Waals surface area contributed by atoms with Crippen molar-refractivity contribution in [1.82, 2.24) is 0 Å². The summed E-state index contributed by atoms with van der Waals surface area (Å²) in [4.78, 5) is 0. The molecule has 0 atom stereocenters. The predicted molar refractivity (Wildman–Crippen MR) is 80.2 cm³/mol. The molecule has 0 saturated carbocycles. The third-order valence-corrected chi connectivity index (χ3v) is 3.57. The summed E-state index contributed by atoms with van der Waals surface area (Å²) in [7, 11) is 0. The van der Waals surface area contributed by atoms with Crippen molar-refractivity contribution in [3.8, 4) is 0 Å². The van der Waals surface area contributed by atoms with Gasteiger partial charge in [0.05, 0.1) is 13.2 Å². The van der Waals surface area contributed by atoms with Crippen LogP contribution in [0.5, 0.6) is 0 Å². The molecule has 2 aromatic rings. The third kappa shape index (κ3) is 2.69. The zero-order valence-corrected chi connectivity index (χ0v) is 11.8. The summed E-state index contributed by atoms with van der Waals surface area (Å²) >= 11 is 0. The first-order valence-electron chi connectivity index (χ1n) is 6.88. The fourth-order valence-electron chi connectivity index (χ4n) is 2.36. The van der Waals surface area contributed by atoms with E-state index in [1.807, 2.05) is 25.1 Å². The Balaban J connectivity index is 1.82. The van der Waals surface area contributed by atoms with E-state index in [9.17, 15) is 0 Å². The summed E-state index contributed by atoms with van der Waals surface area (Å²) in [6, 6.07) is 16.5. The van der Waals surface area contributed by atoms with E-state index in [-0.39, 0.29) is 0 Å². The van der Waals surface area contributed by atoms with E-state index in [1.54, 1.807) is 0 Å². The van der Waals surface area contributed by atoms with Crippen molar-refractivity contribution in [1.29, 1.82) is 0 Å². The maximum atomic E-state index is 5.70. The molecule has 3 heteroatoms. The van der Waals surface area contributed by atoms with Crippen LogP contribution < -0.4 is 5.32 Å². The Morgan fingerprint density at radius 2 is 1.65 bits per heavy atom. The molecule has 1 aliphatic rings. The van der Waals surface area contributed by atoms with E-state index in [0.29, 0.717) is 13.2 Å². The van der Waals surface area contributed by atoms with E-state index in [2.05, 4.69) is 42.6 Å². The van der Waals surface area contributed by atoms with E-state index in [4.69, 9.17) is 9.47 Å². The molecule has 1 heterocycles. The zero-order valence-electron chi connectivity index (χ0n) is 11.8. The van der Waals surface area contributed by atoms with Crippen LogP contribution in [0.2, 0.25) is 0 Å². The summed E-state index contributed by atoms with van der Waals surface area (Å²) in [6.45, 7) is 5.34. The minimum atomic E-state index is -0.620. The Kier molecular flexibility index (Phi) is 3.47. The topological polar surface area (TPSA) is 30.5 Å². The van der Waals surface area contributed by atoms with Crippen LogP contribution in [0, 0.1) is 6.92 Å². The molecule has 104 valence electrons. The summed E-state index contributed by atoms with van der Waals surface area (Å²) in [5.74, 6) is -0.620. The van der Waals surface area contributed by atoms with E-state index < -0.39 is 5.79 Å². The largest absolute Gasteiger partial charge is 0.356 e. The lowest BCUT2D eigenvalue weighted by Gasteiger charge is -2.23. The molecular weight excluding hydrogens is 250 g/mol. The van der Waals surface area contributed by atoms with Gasteiger partial charge in [-0.05, 0) is 38.1 Å². The lowest BCUT2D eigenvalue weighted by atomic mass is 10.1. The van der Waals surface area contributed by atoms with Gasteiger partial charge in [-0.2, -0.15) is 0 Å². The number of rotatable bonds is 3. The van der Waals surface area contributed by atoms with Crippen molar-refractivity contribution < 1.29 is 9.47 Å². The standard InChI is InChI=1S/C17H19NO2/c1-13-6-8-15(9-7-13)18-16-5-3-4-14(12-16)17(2)19-10-11-20-17/h3-9,12,18H,10-11H2,1-2H3. The Labute approximate surface area is 119 Å². The van der Waals surface area contributed by atoms with Gasteiger partial charge in [-0.3, -0.25) is 0 Å². The minimum absolute atomic E-state index is 0.620. The second-order valence-electron chi connectivity index (χ2n) is 5.21. The Morgan fingerprint density at radius 3 is 2.35 bits per heavy atom. The number of benzene rings is 2. The molecule has 0 bridgehead atoms. The minimum Gasteiger partial charge on any atom is -0.356 e. The van der Waals surface area contributed by atoms with E-state index >= 15 is 0 Å². The molecule has 1 saturated heterocycles. The number of nitrogens with one attached hydrogen (secondary N) is 1. The second-order valence-corrected chi connectivity index (χ2v) is 5.21.